The number of halogens is 1. The molecule has 0 radical (unpaired) electrons. The van der Waals surface area contributed by atoms with Crippen molar-refractivity contribution in [2.24, 2.45) is 0 Å². The third-order valence-electron chi connectivity index (χ3n) is 3.87. The number of carbonyl (C=O) groups excluding carboxylic acids is 2. The molecule has 2 rings (SSSR count). The summed E-state index contributed by atoms with van der Waals surface area (Å²) >= 11 is 0. The lowest BCUT2D eigenvalue weighted by atomic mass is 10.2. The lowest BCUT2D eigenvalue weighted by Gasteiger charge is -2.13. The van der Waals surface area contributed by atoms with E-state index in [2.05, 4.69) is 10.0 Å². The number of sulfonamides is 1. The maximum absolute atomic E-state index is 13.0. The van der Waals surface area contributed by atoms with E-state index in [1.54, 1.807) is 0 Å². The first-order chi connectivity index (χ1) is 13.2. The van der Waals surface area contributed by atoms with Crippen LogP contribution in [-0.4, -0.2) is 32.9 Å². The highest BCUT2D eigenvalue weighted by molar-refractivity contribution is 7.92. The molecule has 0 aliphatic heterocycles. The second kappa shape index (κ2) is 9.32. The molecule has 2 aromatic carbocycles. The van der Waals surface area contributed by atoms with Crippen molar-refractivity contribution in [3.63, 3.8) is 0 Å². The molecule has 0 saturated carbocycles. The zero-order valence-electron chi connectivity index (χ0n) is 15.4. The van der Waals surface area contributed by atoms with Crippen LogP contribution in [0.15, 0.2) is 53.4 Å². The number of anilines is 1. The summed E-state index contributed by atoms with van der Waals surface area (Å²) in [7, 11) is -4.04. The van der Waals surface area contributed by atoms with E-state index in [0.29, 0.717) is 0 Å². The van der Waals surface area contributed by atoms with Gasteiger partial charge in [0.1, 0.15) is 5.82 Å². The quantitative estimate of drug-likeness (QED) is 0.654. The van der Waals surface area contributed by atoms with Crippen molar-refractivity contribution in [2.45, 2.75) is 31.2 Å². The van der Waals surface area contributed by atoms with E-state index in [1.807, 2.05) is 13.8 Å². The first kappa shape index (κ1) is 21.4. The fourth-order valence-electron chi connectivity index (χ4n) is 2.19. The van der Waals surface area contributed by atoms with E-state index in [-0.39, 0.29) is 22.2 Å². The Morgan fingerprint density at radius 1 is 1.11 bits per heavy atom. The van der Waals surface area contributed by atoms with Crippen molar-refractivity contribution < 1.29 is 27.1 Å². The summed E-state index contributed by atoms with van der Waals surface area (Å²) in [4.78, 5) is 23.9. The molecular weight excluding hydrogens is 387 g/mol. The van der Waals surface area contributed by atoms with Crippen molar-refractivity contribution in [3.8, 4) is 0 Å². The first-order valence-electron chi connectivity index (χ1n) is 8.57. The molecule has 1 atom stereocenters. The van der Waals surface area contributed by atoms with E-state index in [4.69, 9.17) is 4.74 Å². The summed E-state index contributed by atoms with van der Waals surface area (Å²) in [5, 5.41) is 2.66. The second-order valence-corrected chi connectivity index (χ2v) is 7.74. The van der Waals surface area contributed by atoms with E-state index >= 15 is 0 Å². The molecular formula is C19H21FN2O5S. The van der Waals surface area contributed by atoms with Gasteiger partial charge in [0.2, 0.25) is 0 Å². The first-order valence-corrected chi connectivity index (χ1v) is 10.0. The minimum Gasteiger partial charge on any atom is -0.452 e. The number of carbonyl (C=O) groups is 2. The molecule has 28 heavy (non-hydrogen) atoms. The van der Waals surface area contributed by atoms with Crippen LogP contribution in [0.3, 0.4) is 0 Å². The van der Waals surface area contributed by atoms with E-state index in [1.165, 1.54) is 24.3 Å². The fourth-order valence-corrected chi connectivity index (χ4v) is 3.27. The Morgan fingerprint density at radius 3 is 2.39 bits per heavy atom. The standard InChI is InChI=1S/C19H21FN2O5S/c1-3-13(2)21-18(23)12-27-19(24)16-6-4-5-7-17(16)22-28(25,26)15-10-8-14(20)9-11-15/h4-11,13,22H,3,12H2,1-2H3,(H,21,23)/t13-/m0/s1. The number of nitrogens with one attached hydrogen (secondary N) is 2. The zero-order valence-corrected chi connectivity index (χ0v) is 16.3. The van der Waals surface area contributed by atoms with Gasteiger partial charge >= 0.3 is 5.97 Å². The monoisotopic (exact) mass is 408 g/mol. The molecule has 1 amide bonds. The van der Waals surface area contributed by atoms with Crippen LogP contribution in [0.2, 0.25) is 0 Å². The van der Waals surface area contributed by atoms with Gasteiger partial charge in [-0.15, -0.1) is 0 Å². The van der Waals surface area contributed by atoms with Crippen LogP contribution in [0, 0.1) is 5.82 Å². The molecule has 0 fully saturated rings. The third kappa shape index (κ3) is 5.78. The smallest absolute Gasteiger partial charge is 0.340 e. The number of rotatable bonds is 8. The van der Waals surface area contributed by atoms with Crippen LogP contribution >= 0.6 is 0 Å². The minimum atomic E-state index is -4.04. The van der Waals surface area contributed by atoms with Gasteiger partial charge in [-0.1, -0.05) is 19.1 Å². The topological polar surface area (TPSA) is 102 Å². The van der Waals surface area contributed by atoms with Crippen LogP contribution in [0.1, 0.15) is 30.6 Å². The molecule has 7 nitrogen and oxygen atoms in total. The average Bonchev–Trinajstić information content (AvgIpc) is 2.66. The molecule has 0 saturated heterocycles. The summed E-state index contributed by atoms with van der Waals surface area (Å²) < 4.78 is 45.2. The highest BCUT2D eigenvalue weighted by Gasteiger charge is 2.20. The molecule has 2 N–H and O–H groups in total. The Bertz CT molecular complexity index is 945. The second-order valence-electron chi connectivity index (χ2n) is 6.06. The fraction of sp³-hybridized carbons (Fsp3) is 0.263. The molecule has 0 aromatic heterocycles. The summed E-state index contributed by atoms with van der Waals surface area (Å²) in [6, 6.07) is 10.0. The molecule has 0 spiro atoms. The summed E-state index contributed by atoms with van der Waals surface area (Å²) in [6.07, 6.45) is 0.730. The highest BCUT2D eigenvalue weighted by atomic mass is 32.2. The van der Waals surface area contributed by atoms with E-state index in [0.717, 1.165) is 30.7 Å². The van der Waals surface area contributed by atoms with Crippen LogP contribution in [0.4, 0.5) is 10.1 Å². The maximum atomic E-state index is 13.0. The molecule has 0 aliphatic carbocycles. The molecule has 2 aromatic rings. The average molecular weight is 408 g/mol. The zero-order chi connectivity index (χ0) is 20.7. The van der Waals surface area contributed by atoms with Crippen molar-refractivity contribution in [1.29, 1.82) is 0 Å². The van der Waals surface area contributed by atoms with Crippen LogP contribution in [0.25, 0.3) is 0 Å². The van der Waals surface area contributed by atoms with Crippen LogP contribution in [-0.2, 0) is 19.6 Å². The van der Waals surface area contributed by atoms with Gasteiger partial charge in [0.05, 0.1) is 16.1 Å². The molecule has 0 unspecified atom stereocenters. The number of esters is 1. The van der Waals surface area contributed by atoms with Crippen molar-refractivity contribution >= 4 is 27.6 Å². The number of benzene rings is 2. The molecule has 150 valence electrons. The van der Waals surface area contributed by atoms with Gasteiger partial charge in [0, 0.05) is 6.04 Å². The van der Waals surface area contributed by atoms with Gasteiger partial charge in [-0.05, 0) is 49.7 Å². The number of hydrogen-bond acceptors (Lipinski definition) is 5. The van der Waals surface area contributed by atoms with Gasteiger partial charge in [-0.3, -0.25) is 9.52 Å². The molecule has 9 heteroatoms. The van der Waals surface area contributed by atoms with Gasteiger partial charge in [-0.2, -0.15) is 0 Å². The third-order valence-corrected chi connectivity index (χ3v) is 5.25. The SMILES string of the molecule is CC[C@H](C)NC(=O)COC(=O)c1ccccc1NS(=O)(=O)c1ccc(F)cc1. The summed E-state index contributed by atoms with van der Waals surface area (Å²) in [6.45, 7) is 3.24. The Morgan fingerprint density at radius 2 is 1.75 bits per heavy atom. The minimum absolute atomic E-state index is 0.0147. The van der Waals surface area contributed by atoms with Crippen molar-refractivity contribution in [2.75, 3.05) is 11.3 Å². The van der Waals surface area contributed by atoms with Crippen molar-refractivity contribution in [3.05, 3.63) is 59.9 Å². The summed E-state index contributed by atoms with van der Waals surface area (Å²) in [5.74, 6) is -1.87. The number of para-hydroxylation sites is 1. The lowest BCUT2D eigenvalue weighted by molar-refractivity contribution is -0.124. The Hall–Kier alpha value is -2.94. The van der Waals surface area contributed by atoms with Gasteiger partial charge in [0.15, 0.2) is 6.61 Å². The molecule has 0 heterocycles. The van der Waals surface area contributed by atoms with E-state index < -0.39 is 34.3 Å². The normalized spacial score (nSPS) is 12.1. The van der Waals surface area contributed by atoms with Crippen LogP contribution in [0.5, 0.6) is 0 Å². The summed E-state index contributed by atoms with van der Waals surface area (Å²) in [5.41, 5.74) is -0.0660. The van der Waals surface area contributed by atoms with Gasteiger partial charge < -0.3 is 10.1 Å². The molecule has 0 aliphatic rings. The Labute approximate surface area is 163 Å². The Kier molecular flexibility index (Phi) is 7.11. The van der Waals surface area contributed by atoms with Gasteiger partial charge in [-0.25, -0.2) is 17.6 Å². The predicted molar refractivity (Wildman–Crippen MR) is 102 cm³/mol. The maximum Gasteiger partial charge on any atom is 0.340 e. The van der Waals surface area contributed by atoms with Gasteiger partial charge in [0.25, 0.3) is 15.9 Å². The molecule has 0 bridgehead atoms. The number of hydrogen-bond donors (Lipinski definition) is 2. The number of amides is 1. The largest absolute Gasteiger partial charge is 0.452 e. The predicted octanol–water partition coefficient (Wildman–Crippen LogP) is 2.70. The Balaban J connectivity index is 2.13. The van der Waals surface area contributed by atoms with Crippen LogP contribution < -0.4 is 10.0 Å². The lowest BCUT2D eigenvalue weighted by Crippen LogP contribution is -2.35. The van der Waals surface area contributed by atoms with Crippen molar-refractivity contribution in [1.82, 2.24) is 5.32 Å². The highest BCUT2D eigenvalue weighted by Crippen LogP contribution is 2.21. The number of ether oxygens (including phenoxy) is 1. The van der Waals surface area contributed by atoms with E-state index in [9.17, 15) is 22.4 Å².